The molecular weight excluding hydrogens is 257 g/mol. The van der Waals surface area contributed by atoms with Crippen LogP contribution in [0.5, 0.6) is 0 Å². The number of hydrogen-bond donors (Lipinski definition) is 0. The van der Waals surface area contributed by atoms with Crippen LogP contribution in [0.2, 0.25) is 0 Å². The topological polar surface area (TPSA) is 12.9 Å². The number of rotatable bonds is 1. The van der Waals surface area contributed by atoms with Crippen molar-refractivity contribution < 1.29 is 4.39 Å². The summed E-state index contributed by atoms with van der Waals surface area (Å²) >= 11 is 3.22. The van der Waals surface area contributed by atoms with Gasteiger partial charge in [0.15, 0.2) is 0 Å². The number of halogens is 2. The van der Waals surface area contributed by atoms with Gasteiger partial charge in [-0.2, -0.15) is 0 Å². The summed E-state index contributed by atoms with van der Waals surface area (Å²) in [6.07, 6.45) is 0. The van der Waals surface area contributed by atoms with E-state index in [0.717, 1.165) is 10.2 Å². The van der Waals surface area contributed by atoms with Crippen molar-refractivity contribution in [3.05, 3.63) is 52.4 Å². The summed E-state index contributed by atoms with van der Waals surface area (Å²) < 4.78 is 14.3. The Morgan fingerprint density at radius 3 is 2.67 bits per heavy atom. The smallest absolute Gasteiger partial charge is 0.133 e. The number of hydrogen-bond acceptors (Lipinski definition) is 1. The third-order valence-corrected chi connectivity index (χ3v) is 2.59. The van der Waals surface area contributed by atoms with E-state index in [1.54, 1.807) is 12.1 Å². The Morgan fingerprint density at radius 2 is 2.00 bits per heavy atom. The number of benzene rings is 1. The highest BCUT2D eigenvalue weighted by molar-refractivity contribution is 9.10. The Labute approximate surface area is 96.1 Å². The van der Waals surface area contributed by atoms with Crippen LogP contribution in [0.25, 0.3) is 11.3 Å². The third-order valence-electron chi connectivity index (χ3n) is 2.10. The summed E-state index contributed by atoms with van der Waals surface area (Å²) in [6, 6.07) is 10.5. The number of nitrogens with zero attached hydrogens (tertiary/aromatic N) is 1. The van der Waals surface area contributed by atoms with Crippen molar-refractivity contribution in [1.29, 1.82) is 0 Å². The largest absolute Gasteiger partial charge is 0.253 e. The summed E-state index contributed by atoms with van der Waals surface area (Å²) in [4.78, 5) is 4.28. The first-order chi connectivity index (χ1) is 7.16. The molecule has 0 aliphatic rings. The molecule has 0 spiro atoms. The second kappa shape index (κ2) is 4.11. The molecule has 1 nitrogen and oxygen atoms in total. The Kier molecular flexibility index (Phi) is 2.82. The highest BCUT2D eigenvalue weighted by atomic mass is 79.9. The van der Waals surface area contributed by atoms with Crippen LogP contribution in [-0.4, -0.2) is 4.98 Å². The molecule has 3 heteroatoms. The standard InChI is InChI=1S/C12H9BrFN/c1-8-3-2-4-12(15-8)10-6-5-9(13)7-11(10)14/h2-7H,1H3. The summed E-state index contributed by atoms with van der Waals surface area (Å²) in [5.41, 5.74) is 2.08. The van der Waals surface area contributed by atoms with Gasteiger partial charge in [-0.05, 0) is 37.3 Å². The van der Waals surface area contributed by atoms with Gasteiger partial charge in [0.25, 0.3) is 0 Å². The SMILES string of the molecule is Cc1cccc(-c2ccc(Br)cc2F)n1. The van der Waals surface area contributed by atoms with Crippen molar-refractivity contribution in [1.82, 2.24) is 4.98 Å². The molecule has 0 saturated heterocycles. The lowest BCUT2D eigenvalue weighted by molar-refractivity contribution is 0.630. The molecule has 0 aliphatic heterocycles. The molecule has 2 aromatic rings. The van der Waals surface area contributed by atoms with Gasteiger partial charge in [0.1, 0.15) is 5.82 Å². The first kappa shape index (κ1) is 10.3. The molecular formula is C12H9BrFN. The molecule has 0 saturated carbocycles. The molecule has 0 unspecified atom stereocenters. The lowest BCUT2D eigenvalue weighted by atomic mass is 10.1. The van der Waals surface area contributed by atoms with Crippen LogP contribution in [-0.2, 0) is 0 Å². The molecule has 0 bridgehead atoms. The van der Waals surface area contributed by atoms with E-state index in [0.29, 0.717) is 11.3 Å². The molecule has 0 radical (unpaired) electrons. The van der Waals surface area contributed by atoms with E-state index in [1.807, 2.05) is 25.1 Å². The second-order valence-corrected chi connectivity index (χ2v) is 4.20. The zero-order valence-electron chi connectivity index (χ0n) is 8.17. The van der Waals surface area contributed by atoms with Crippen LogP contribution >= 0.6 is 15.9 Å². The van der Waals surface area contributed by atoms with Crippen molar-refractivity contribution in [3.8, 4) is 11.3 Å². The molecule has 1 aromatic heterocycles. The minimum atomic E-state index is -0.262. The highest BCUT2D eigenvalue weighted by Gasteiger charge is 2.06. The predicted octanol–water partition coefficient (Wildman–Crippen LogP) is 3.96. The Bertz CT molecular complexity index is 497. The van der Waals surface area contributed by atoms with Gasteiger partial charge in [-0.15, -0.1) is 0 Å². The minimum absolute atomic E-state index is 0.262. The van der Waals surface area contributed by atoms with E-state index < -0.39 is 0 Å². The van der Waals surface area contributed by atoms with E-state index in [-0.39, 0.29) is 5.82 Å². The van der Waals surface area contributed by atoms with Gasteiger partial charge in [0.2, 0.25) is 0 Å². The van der Waals surface area contributed by atoms with Crippen LogP contribution in [0.15, 0.2) is 40.9 Å². The zero-order chi connectivity index (χ0) is 10.8. The van der Waals surface area contributed by atoms with E-state index in [9.17, 15) is 4.39 Å². The lowest BCUT2D eigenvalue weighted by Gasteiger charge is -2.03. The highest BCUT2D eigenvalue weighted by Crippen LogP contribution is 2.23. The van der Waals surface area contributed by atoms with E-state index in [1.165, 1.54) is 6.07 Å². The normalized spacial score (nSPS) is 10.3. The molecule has 1 aromatic carbocycles. The maximum absolute atomic E-state index is 13.6. The van der Waals surface area contributed by atoms with Crippen LogP contribution in [0, 0.1) is 12.7 Å². The van der Waals surface area contributed by atoms with Crippen LogP contribution in [0.1, 0.15) is 5.69 Å². The van der Waals surface area contributed by atoms with Gasteiger partial charge in [0, 0.05) is 15.7 Å². The Balaban J connectivity index is 2.54. The second-order valence-electron chi connectivity index (χ2n) is 3.29. The van der Waals surface area contributed by atoms with Crippen molar-refractivity contribution in [2.45, 2.75) is 6.92 Å². The fraction of sp³-hybridized carbons (Fsp3) is 0.0833. The lowest BCUT2D eigenvalue weighted by Crippen LogP contribution is -1.89. The quantitative estimate of drug-likeness (QED) is 0.761. The van der Waals surface area contributed by atoms with Gasteiger partial charge in [-0.1, -0.05) is 22.0 Å². The monoisotopic (exact) mass is 265 g/mol. The summed E-state index contributed by atoms with van der Waals surface area (Å²) in [7, 11) is 0. The molecule has 0 aliphatic carbocycles. The maximum Gasteiger partial charge on any atom is 0.133 e. The molecule has 0 fully saturated rings. The van der Waals surface area contributed by atoms with Crippen LogP contribution in [0.3, 0.4) is 0 Å². The number of pyridine rings is 1. The van der Waals surface area contributed by atoms with Crippen molar-refractivity contribution >= 4 is 15.9 Å². The van der Waals surface area contributed by atoms with Gasteiger partial charge < -0.3 is 0 Å². The summed E-state index contributed by atoms with van der Waals surface area (Å²) in [5.74, 6) is -0.262. The Hall–Kier alpha value is -1.22. The van der Waals surface area contributed by atoms with E-state index in [4.69, 9.17) is 0 Å². The molecule has 0 amide bonds. The fourth-order valence-corrected chi connectivity index (χ4v) is 1.72. The maximum atomic E-state index is 13.6. The average molecular weight is 266 g/mol. The van der Waals surface area contributed by atoms with Gasteiger partial charge in [-0.3, -0.25) is 4.98 Å². The number of aromatic nitrogens is 1. The predicted molar refractivity (Wildman–Crippen MR) is 62.1 cm³/mol. The molecule has 0 atom stereocenters. The molecule has 76 valence electrons. The molecule has 2 rings (SSSR count). The first-order valence-corrected chi connectivity index (χ1v) is 5.35. The van der Waals surface area contributed by atoms with Crippen LogP contribution < -0.4 is 0 Å². The molecule has 0 N–H and O–H groups in total. The van der Waals surface area contributed by atoms with Crippen LogP contribution in [0.4, 0.5) is 4.39 Å². The average Bonchev–Trinajstić information content (AvgIpc) is 2.17. The molecule has 1 heterocycles. The van der Waals surface area contributed by atoms with Gasteiger partial charge in [-0.25, -0.2) is 4.39 Å². The van der Waals surface area contributed by atoms with Crippen molar-refractivity contribution in [2.24, 2.45) is 0 Å². The van der Waals surface area contributed by atoms with Crippen molar-refractivity contribution in [2.75, 3.05) is 0 Å². The third kappa shape index (κ3) is 2.23. The minimum Gasteiger partial charge on any atom is -0.253 e. The molecule has 15 heavy (non-hydrogen) atoms. The van der Waals surface area contributed by atoms with Gasteiger partial charge in [0.05, 0.1) is 5.69 Å². The van der Waals surface area contributed by atoms with Crippen molar-refractivity contribution in [3.63, 3.8) is 0 Å². The first-order valence-electron chi connectivity index (χ1n) is 4.56. The summed E-state index contributed by atoms with van der Waals surface area (Å²) in [6.45, 7) is 1.89. The zero-order valence-corrected chi connectivity index (χ0v) is 9.75. The fourth-order valence-electron chi connectivity index (χ4n) is 1.39. The Morgan fingerprint density at radius 1 is 1.20 bits per heavy atom. The number of aryl methyl sites for hydroxylation is 1. The van der Waals surface area contributed by atoms with E-state index in [2.05, 4.69) is 20.9 Å². The summed E-state index contributed by atoms with van der Waals surface area (Å²) in [5, 5.41) is 0. The van der Waals surface area contributed by atoms with E-state index >= 15 is 0 Å². The van der Waals surface area contributed by atoms with Gasteiger partial charge >= 0.3 is 0 Å².